The molecule has 0 atom stereocenters. The van der Waals surface area contributed by atoms with Crippen molar-refractivity contribution in [1.82, 2.24) is 0 Å². The Morgan fingerprint density at radius 2 is 1.35 bits per heavy atom. The molecule has 0 fully saturated rings. The third-order valence-corrected chi connectivity index (χ3v) is 4.82. The van der Waals surface area contributed by atoms with E-state index >= 15 is 0 Å². The fraction of sp³-hybridized carbons (Fsp3) is 0.636. The van der Waals surface area contributed by atoms with Crippen molar-refractivity contribution in [3.05, 3.63) is 34.9 Å². The molecule has 26 heavy (non-hydrogen) atoms. The van der Waals surface area contributed by atoms with Crippen LogP contribution in [0, 0.1) is 5.92 Å². The summed E-state index contributed by atoms with van der Waals surface area (Å²) in [4.78, 5) is 22.6. The van der Waals surface area contributed by atoms with E-state index in [1.54, 1.807) is 12.1 Å². The van der Waals surface area contributed by atoms with E-state index in [2.05, 4.69) is 13.8 Å². The monoisotopic (exact) mass is 362 g/mol. The van der Waals surface area contributed by atoms with Gasteiger partial charge in [0.05, 0.1) is 11.1 Å². The Morgan fingerprint density at radius 1 is 0.808 bits per heavy atom. The molecule has 0 aliphatic heterocycles. The molecule has 0 aliphatic rings. The molecule has 4 heteroatoms. The smallest absolute Gasteiger partial charge is 0.336 e. The van der Waals surface area contributed by atoms with E-state index in [4.69, 9.17) is 5.11 Å². The second-order valence-corrected chi connectivity index (χ2v) is 7.56. The first kappa shape index (κ1) is 22.2. The van der Waals surface area contributed by atoms with Crippen molar-refractivity contribution >= 4 is 11.9 Å². The van der Waals surface area contributed by atoms with Crippen LogP contribution in [-0.2, 0) is 6.42 Å². The van der Waals surface area contributed by atoms with Gasteiger partial charge >= 0.3 is 11.9 Å². The van der Waals surface area contributed by atoms with E-state index in [1.807, 2.05) is 0 Å². The van der Waals surface area contributed by atoms with Crippen LogP contribution in [-0.4, -0.2) is 22.2 Å². The molecule has 1 aromatic carbocycles. The Kier molecular flexibility index (Phi) is 10.7. The summed E-state index contributed by atoms with van der Waals surface area (Å²) in [5.41, 5.74) is 0.455. The molecule has 0 amide bonds. The SMILES string of the molecule is CC(C)CCCCCCCCCCCc1cccc(C(=O)O)c1C(=O)O. The highest BCUT2D eigenvalue weighted by molar-refractivity contribution is 6.02. The van der Waals surface area contributed by atoms with E-state index in [9.17, 15) is 14.7 Å². The van der Waals surface area contributed by atoms with E-state index in [0.29, 0.717) is 12.0 Å². The molecule has 0 radical (unpaired) electrons. The summed E-state index contributed by atoms with van der Waals surface area (Å²) in [6.07, 6.45) is 12.9. The van der Waals surface area contributed by atoms with Crippen molar-refractivity contribution < 1.29 is 19.8 Å². The van der Waals surface area contributed by atoms with Gasteiger partial charge in [-0.1, -0.05) is 83.8 Å². The molecular weight excluding hydrogens is 328 g/mol. The highest BCUT2D eigenvalue weighted by Gasteiger charge is 2.19. The van der Waals surface area contributed by atoms with Crippen LogP contribution in [0.15, 0.2) is 18.2 Å². The van der Waals surface area contributed by atoms with Gasteiger partial charge in [0.25, 0.3) is 0 Å². The average Bonchev–Trinajstić information content (AvgIpc) is 2.58. The first-order valence-corrected chi connectivity index (χ1v) is 10.0. The van der Waals surface area contributed by atoms with Crippen LogP contribution in [0.1, 0.15) is 104 Å². The second kappa shape index (κ2) is 12.5. The summed E-state index contributed by atoms with van der Waals surface area (Å²) in [7, 11) is 0. The minimum atomic E-state index is -1.18. The third kappa shape index (κ3) is 8.50. The first-order chi connectivity index (χ1) is 12.4. The van der Waals surface area contributed by atoms with Crippen molar-refractivity contribution in [3.8, 4) is 0 Å². The Morgan fingerprint density at radius 3 is 1.85 bits per heavy atom. The molecule has 4 nitrogen and oxygen atoms in total. The summed E-state index contributed by atoms with van der Waals surface area (Å²) in [6.45, 7) is 4.55. The molecule has 0 heterocycles. The number of benzene rings is 1. The number of aryl methyl sites for hydroxylation is 1. The lowest BCUT2D eigenvalue weighted by molar-refractivity contribution is 0.0650. The minimum Gasteiger partial charge on any atom is -0.478 e. The van der Waals surface area contributed by atoms with Gasteiger partial charge in [0.1, 0.15) is 0 Å². The van der Waals surface area contributed by atoms with Crippen molar-refractivity contribution in [3.63, 3.8) is 0 Å². The summed E-state index contributed by atoms with van der Waals surface area (Å²) in [6, 6.07) is 4.72. The molecular formula is C22H34O4. The van der Waals surface area contributed by atoms with Crippen LogP contribution >= 0.6 is 0 Å². The van der Waals surface area contributed by atoms with E-state index in [1.165, 1.54) is 51.0 Å². The Bertz CT molecular complexity index is 563. The zero-order chi connectivity index (χ0) is 19.4. The van der Waals surface area contributed by atoms with Gasteiger partial charge in [-0.25, -0.2) is 9.59 Å². The summed E-state index contributed by atoms with van der Waals surface area (Å²) in [5, 5.41) is 18.5. The molecule has 1 rings (SSSR count). The summed E-state index contributed by atoms with van der Waals surface area (Å²) >= 11 is 0. The average molecular weight is 363 g/mol. The molecule has 0 saturated carbocycles. The Balaban J connectivity index is 2.21. The molecule has 0 spiro atoms. The number of aromatic carboxylic acids is 2. The molecule has 0 bridgehead atoms. The largest absolute Gasteiger partial charge is 0.478 e. The normalized spacial score (nSPS) is 11.0. The maximum atomic E-state index is 11.4. The predicted molar refractivity (Wildman–Crippen MR) is 105 cm³/mol. The predicted octanol–water partition coefficient (Wildman–Crippen LogP) is 6.18. The lowest BCUT2D eigenvalue weighted by atomic mass is 9.96. The number of hydrogen-bond acceptors (Lipinski definition) is 2. The maximum Gasteiger partial charge on any atom is 0.336 e. The molecule has 0 unspecified atom stereocenters. The first-order valence-electron chi connectivity index (χ1n) is 10.0. The summed E-state index contributed by atoms with van der Waals surface area (Å²) in [5.74, 6) is -1.53. The number of carboxylic acids is 2. The van der Waals surface area contributed by atoms with Crippen molar-refractivity contribution in [2.24, 2.45) is 5.92 Å². The van der Waals surface area contributed by atoms with Crippen LogP contribution in [0.3, 0.4) is 0 Å². The quantitative estimate of drug-likeness (QED) is 0.387. The van der Waals surface area contributed by atoms with Gasteiger partial charge in [0.15, 0.2) is 0 Å². The lowest BCUT2D eigenvalue weighted by Gasteiger charge is -2.09. The zero-order valence-corrected chi connectivity index (χ0v) is 16.3. The van der Waals surface area contributed by atoms with Gasteiger partial charge in [-0.05, 0) is 30.4 Å². The van der Waals surface area contributed by atoms with Gasteiger partial charge in [0, 0.05) is 0 Å². The van der Waals surface area contributed by atoms with Gasteiger partial charge < -0.3 is 10.2 Å². The van der Waals surface area contributed by atoms with Crippen LogP contribution in [0.4, 0.5) is 0 Å². The molecule has 0 aromatic heterocycles. The van der Waals surface area contributed by atoms with Crippen LogP contribution in [0.2, 0.25) is 0 Å². The lowest BCUT2D eigenvalue weighted by Crippen LogP contribution is -2.11. The van der Waals surface area contributed by atoms with Crippen molar-refractivity contribution in [1.29, 1.82) is 0 Å². The molecule has 2 N–H and O–H groups in total. The number of rotatable bonds is 14. The highest BCUT2D eigenvalue weighted by Crippen LogP contribution is 2.19. The fourth-order valence-electron chi connectivity index (χ4n) is 3.34. The van der Waals surface area contributed by atoms with Crippen molar-refractivity contribution in [2.45, 2.75) is 84.5 Å². The molecule has 1 aromatic rings. The minimum absolute atomic E-state index is 0.0543. The topological polar surface area (TPSA) is 74.6 Å². The molecule has 146 valence electrons. The number of carbonyl (C=O) groups is 2. The number of carboxylic acid groups (broad SMARTS) is 2. The van der Waals surface area contributed by atoms with E-state index < -0.39 is 11.9 Å². The molecule has 0 aliphatic carbocycles. The zero-order valence-electron chi connectivity index (χ0n) is 16.3. The van der Waals surface area contributed by atoms with E-state index in [-0.39, 0.29) is 11.1 Å². The maximum absolute atomic E-state index is 11.4. The fourth-order valence-corrected chi connectivity index (χ4v) is 3.34. The second-order valence-electron chi connectivity index (χ2n) is 7.56. The van der Waals surface area contributed by atoms with Crippen LogP contribution < -0.4 is 0 Å². The van der Waals surface area contributed by atoms with Crippen LogP contribution in [0.25, 0.3) is 0 Å². The Hall–Kier alpha value is -1.84. The van der Waals surface area contributed by atoms with Crippen molar-refractivity contribution in [2.75, 3.05) is 0 Å². The van der Waals surface area contributed by atoms with Crippen LogP contribution in [0.5, 0.6) is 0 Å². The standard InChI is InChI=1S/C22H34O4/c1-17(2)13-10-8-6-4-3-5-7-9-11-14-18-15-12-16-19(21(23)24)20(18)22(25)26/h12,15-17H,3-11,13-14H2,1-2H3,(H,23,24)(H,25,26). The molecule has 0 saturated heterocycles. The highest BCUT2D eigenvalue weighted by atomic mass is 16.4. The van der Waals surface area contributed by atoms with Gasteiger partial charge in [-0.15, -0.1) is 0 Å². The van der Waals surface area contributed by atoms with Gasteiger partial charge in [0.2, 0.25) is 0 Å². The summed E-state index contributed by atoms with van der Waals surface area (Å²) < 4.78 is 0. The third-order valence-electron chi connectivity index (χ3n) is 4.82. The van der Waals surface area contributed by atoms with Gasteiger partial charge in [-0.3, -0.25) is 0 Å². The van der Waals surface area contributed by atoms with Gasteiger partial charge in [-0.2, -0.15) is 0 Å². The number of hydrogen-bond donors (Lipinski definition) is 2. The Labute approximate surface area is 157 Å². The van der Waals surface area contributed by atoms with E-state index in [0.717, 1.165) is 25.2 Å². The number of unbranched alkanes of at least 4 members (excludes halogenated alkanes) is 8.